The maximum absolute atomic E-state index is 12.8. The lowest BCUT2D eigenvalue weighted by atomic mass is 10.1. The number of alkyl halides is 1. The molecule has 0 radical (unpaired) electrons. The van der Waals surface area contributed by atoms with Gasteiger partial charge >= 0.3 is 0 Å². The molecule has 0 aromatic carbocycles. The Morgan fingerprint density at radius 1 is 1.50 bits per heavy atom. The molecule has 1 atom stereocenters. The average Bonchev–Trinajstić information content (AvgIpc) is 2.10. The fourth-order valence-electron chi connectivity index (χ4n) is 0.877. The highest BCUT2D eigenvalue weighted by atomic mass is 19.2. The molecule has 0 amide bonds. The monoisotopic (exact) mass is 118 g/mol. The van der Waals surface area contributed by atoms with Gasteiger partial charge in [-0.2, -0.15) is 0 Å². The molecule has 0 aromatic rings. The number of epoxide rings is 1. The van der Waals surface area contributed by atoms with E-state index in [9.17, 15) is 4.39 Å². The number of hydrogen-bond acceptors (Lipinski definition) is 1. The van der Waals surface area contributed by atoms with E-state index in [4.69, 9.17) is 4.74 Å². The fourth-order valence-corrected chi connectivity index (χ4v) is 0.877. The summed E-state index contributed by atoms with van der Waals surface area (Å²) < 4.78 is 17.6. The zero-order chi connectivity index (χ0) is 6.41. The van der Waals surface area contributed by atoms with E-state index >= 15 is 0 Å². The predicted molar refractivity (Wildman–Crippen MR) is 29.3 cm³/mol. The Balaban J connectivity index is 2.55. The molecule has 48 valence electrons. The van der Waals surface area contributed by atoms with Gasteiger partial charge in [-0.05, 0) is 13.8 Å². The molecule has 0 spiro atoms. The molecule has 1 heterocycles. The molecule has 0 saturated carbocycles. The molecule has 0 bridgehead atoms. The molecule has 1 rings (SSSR count). The van der Waals surface area contributed by atoms with Gasteiger partial charge in [0, 0.05) is 6.42 Å². The summed E-state index contributed by atoms with van der Waals surface area (Å²) in [7, 11) is 0. The largest absolute Gasteiger partial charge is 0.331 e. The first-order chi connectivity index (χ1) is 3.52. The summed E-state index contributed by atoms with van der Waals surface area (Å²) in [5.41, 5.74) is -0.512. The molecule has 1 saturated heterocycles. The van der Waals surface area contributed by atoms with Crippen molar-refractivity contribution in [2.75, 3.05) is 0 Å². The molecule has 8 heavy (non-hydrogen) atoms. The summed E-state index contributed by atoms with van der Waals surface area (Å²) >= 11 is 0. The third-order valence-corrected chi connectivity index (χ3v) is 1.73. The molecule has 0 aromatic heterocycles. The standard InChI is InChI=1S/C6H11FO/c1-4-6(7)5(2,3)8-6/h4H2,1-3H3. The van der Waals surface area contributed by atoms with Crippen LogP contribution in [0.4, 0.5) is 4.39 Å². The summed E-state index contributed by atoms with van der Waals surface area (Å²) in [5, 5.41) is 0. The Hall–Kier alpha value is -0.110. The van der Waals surface area contributed by atoms with E-state index in [1.165, 1.54) is 0 Å². The van der Waals surface area contributed by atoms with E-state index in [-0.39, 0.29) is 0 Å². The van der Waals surface area contributed by atoms with Crippen LogP contribution < -0.4 is 0 Å². The molecule has 2 heteroatoms. The topological polar surface area (TPSA) is 12.5 Å². The van der Waals surface area contributed by atoms with Crippen LogP contribution in [-0.4, -0.2) is 11.5 Å². The minimum absolute atomic E-state index is 0.458. The Kier molecular flexibility index (Phi) is 0.932. The highest BCUT2D eigenvalue weighted by Gasteiger charge is 2.63. The zero-order valence-electron chi connectivity index (χ0n) is 5.49. The van der Waals surface area contributed by atoms with Crippen LogP contribution in [0.3, 0.4) is 0 Å². The first kappa shape index (κ1) is 6.02. The van der Waals surface area contributed by atoms with Crippen molar-refractivity contribution in [1.82, 2.24) is 0 Å². The van der Waals surface area contributed by atoms with Crippen LogP contribution in [0.25, 0.3) is 0 Å². The van der Waals surface area contributed by atoms with Gasteiger partial charge in [-0.1, -0.05) is 6.92 Å². The van der Waals surface area contributed by atoms with Crippen LogP contribution in [0.5, 0.6) is 0 Å². The van der Waals surface area contributed by atoms with Gasteiger partial charge in [0.15, 0.2) is 0 Å². The van der Waals surface area contributed by atoms with E-state index in [1.807, 2.05) is 0 Å². The molecule has 1 fully saturated rings. The van der Waals surface area contributed by atoms with Crippen LogP contribution in [0, 0.1) is 0 Å². The van der Waals surface area contributed by atoms with Crippen LogP contribution in [0.1, 0.15) is 27.2 Å². The SMILES string of the molecule is CCC1(F)OC1(C)C. The van der Waals surface area contributed by atoms with Crippen molar-refractivity contribution in [2.45, 2.75) is 38.6 Å². The van der Waals surface area contributed by atoms with Gasteiger partial charge in [0.05, 0.1) is 0 Å². The molecule has 1 aliphatic rings. The van der Waals surface area contributed by atoms with E-state index in [1.54, 1.807) is 20.8 Å². The summed E-state index contributed by atoms with van der Waals surface area (Å²) in [6.45, 7) is 5.31. The Morgan fingerprint density at radius 2 is 1.88 bits per heavy atom. The summed E-state index contributed by atoms with van der Waals surface area (Å²) in [4.78, 5) is 0. The van der Waals surface area contributed by atoms with Crippen molar-refractivity contribution < 1.29 is 9.13 Å². The lowest BCUT2D eigenvalue weighted by molar-refractivity contribution is 0.135. The Bertz CT molecular complexity index is 111. The van der Waals surface area contributed by atoms with Gasteiger partial charge in [0.1, 0.15) is 5.60 Å². The fraction of sp³-hybridized carbons (Fsp3) is 1.00. The molecule has 1 unspecified atom stereocenters. The van der Waals surface area contributed by atoms with E-state index in [0.29, 0.717) is 6.42 Å². The second kappa shape index (κ2) is 1.24. The molecule has 1 nitrogen and oxygen atoms in total. The van der Waals surface area contributed by atoms with Crippen LogP contribution in [-0.2, 0) is 4.74 Å². The summed E-state index contributed by atoms with van der Waals surface area (Å²) in [6.07, 6.45) is 0.458. The Labute approximate surface area is 48.8 Å². The molecular weight excluding hydrogens is 107 g/mol. The van der Waals surface area contributed by atoms with Gasteiger partial charge in [-0.3, -0.25) is 0 Å². The molecule has 0 N–H and O–H groups in total. The minimum Gasteiger partial charge on any atom is -0.331 e. The summed E-state index contributed by atoms with van der Waals surface area (Å²) in [5.74, 6) is -1.31. The maximum atomic E-state index is 12.8. The lowest BCUT2D eigenvalue weighted by Gasteiger charge is -1.97. The smallest absolute Gasteiger partial charge is 0.238 e. The van der Waals surface area contributed by atoms with Gasteiger partial charge in [-0.15, -0.1) is 0 Å². The van der Waals surface area contributed by atoms with Gasteiger partial charge in [0.25, 0.3) is 0 Å². The van der Waals surface area contributed by atoms with Gasteiger partial charge in [-0.25, -0.2) is 4.39 Å². The first-order valence-electron chi connectivity index (χ1n) is 2.91. The number of rotatable bonds is 1. The lowest BCUT2D eigenvalue weighted by Crippen LogP contribution is -2.12. The maximum Gasteiger partial charge on any atom is 0.238 e. The average molecular weight is 118 g/mol. The van der Waals surface area contributed by atoms with Crippen LogP contribution in [0.2, 0.25) is 0 Å². The van der Waals surface area contributed by atoms with Crippen LogP contribution in [0.15, 0.2) is 0 Å². The van der Waals surface area contributed by atoms with Gasteiger partial charge < -0.3 is 4.74 Å². The zero-order valence-corrected chi connectivity index (χ0v) is 5.49. The number of halogens is 1. The Morgan fingerprint density at radius 3 is 1.88 bits per heavy atom. The third-order valence-electron chi connectivity index (χ3n) is 1.73. The minimum atomic E-state index is -1.31. The van der Waals surface area contributed by atoms with Crippen molar-refractivity contribution in [1.29, 1.82) is 0 Å². The van der Waals surface area contributed by atoms with Crippen molar-refractivity contribution in [3.8, 4) is 0 Å². The van der Waals surface area contributed by atoms with Gasteiger partial charge in [0.2, 0.25) is 5.85 Å². The molecule has 1 aliphatic heterocycles. The van der Waals surface area contributed by atoms with E-state index < -0.39 is 11.5 Å². The van der Waals surface area contributed by atoms with Crippen molar-refractivity contribution in [3.63, 3.8) is 0 Å². The molecule has 0 aliphatic carbocycles. The second-order valence-electron chi connectivity index (χ2n) is 2.69. The third kappa shape index (κ3) is 0.558. The highest BCUT2D eigenvalue weighted by Crippen LogP contribution is 2.50. The predicted octanol–water partition coefficient (Wildman–Crippen LogP) is 1.87. The van der Waals surface area contributed by atoms with Crippen molar-refractivity contribution >= 4 is 0 Å². The van der Waals surface area contributed by atoms with Crippen molar-refractivity contribution in [2.24, 2.45) is 0 Å². The van der Waals surface area contributed by atoms with Crippen molar-refractivity contribution in [3.05, 3.63) is 0 Å². The van der Waals surface area contributed by atoms with E-state index in [0.717, 1.165) is 0 Å². The normalized spacial score (nSPS) is 42.0. The highest BCUT2D eigenvalue weighted by molar-refractivity contribution is 5.01. The first-order valence-corrected chi connectivity index (χ1v) is 2.91. The molecular formula is C6H11FO. The second-order valence-corrected chi connectivity index (χ2v) is 2.69. The number of hydrogen-bond donors (Lipinski definition) is 0. The van der Waals surface area contributed by atoms with E-state index in [2.05, 4.69) is 0 Å². The van der Waals surface area contributed by atoms with Crippen LogP contribution >= 0.6 is 0 Å². The quantitative estimate of drug-likeness (QED) is 0.479. The summed E-state index contributed by atoms with van der Waals surface area (Å²) in [6, 6.07) is 0. The number of ether oxygens (including phenoxy) is 1.